The SMILES string of the molecule is CC(=O)OC[C@H]1C[C@@H](OC(C)=O)CC[C@]1(C)[C@H]1CC[C@]2(C)C(c3ccccc3)=CC[C@H]2[C@@H]1CN=[N+]=[N-]. The Balaban J connectivity index is 1.64. The van der Waals surface area contributed by atoms with Gasteiger partial charge < -0.3 is 9.47 Å². The zero-order valence-corrected chi connectivity index (χ0v) is 22.0. The van der Waals surface area contributed by atoms with Gasteiger partial charge in [0.2, 0.25) is 0 Å². The van der Waals surface area contributed by atoms with E-state index in [1.807, 2.05) is 0 Å². The van der Waals surface area contributed by atoms with Gasteiger partial charge in [-0.05, 0) is 83.8 Å². The quantitative estimate of drug-likeness (QED) is 0.182. The van der Waals surface area contributed by atoms with Crippen LogP contribution in [0.4, 0.5) is 0 Å². The number of hydrogen-bond donors (Lipinski definition) is 0. The maximum atomic E-state index is 11.7. The number of carbonyl (C=O) groups excluding carboxylic acids is 2. The van der Waals surface area contributed by atoms with E-state index in [2.05, 4.69) is 60.3 Å². The summed E-state index contributed by atoms with van der Waals surface area (Å²) in [6, 6.07) is 10.6. The molecule has 7 atom stereocenters. The fourth-order valence-corrected chi connectivity index (χ4v) is 7.81. The van der Waals surface area contributed by atoms with Gasteiger partial charge in [0.1, 0.15) is 6.10 Å². The molecule has 0 bridgehead atoms. The normalized spacial score (nSPS) is 35.7. The minimum Gasteiger partial charge on any atom is -0.466 e. The minimum atomic E-state index is -0.290. The minimum absolute atomic E-state index is 0.0319. The van der Waals surface area contributed by atoms with Gasteiger partial charge in [0.05, 0.1) is 6.61 Å². The average molecular weight is 494 g/mol. The van der Waals surface area contributed by atoms with Gasteiger partial charge in [0.15, 0.2) is 0 Å². The molecule has 1 aromatic carbocycles. The van der Waals surface area contributed by atoms with Crippen LogP contribution in [-0.4, -0.2) is 31.2 Å². The second kappa shape index (κ2) is 10.7. The third-order valence-electron chi connectivity index (χ3n) is 9.61. The first-order valence-corrected chi connectivity index (χ1v) is 13.3. The molecule has 0 unspecified atom stereocenters. The Labute approximate surface area is 214 Å². The van der Waals surface area contributed by atoms with Crippen molar-refractivity contribution in [2.24, 2.45) is 39.6 Å². The zero-order valence-electron chi connectivity index (χ0n) is 22.0. The number of carbonyl (C=O) groups is 2. The van der Waals surface area contributed by atoms with E-state index in [9.17, 15) is 15.1 Å². The summed E-state index contributed by atoms with van der Waals surface area (Å²) in [5.41, 5.74) is 11.9. The van der Waals surface area contributed by atoms with Crippen molar-refractivity contribution in [3.8, 4) is 0 Å². The van der Waals surface area contributed by atoms with Crippen LogP contribution in [0.5, 0.6) is 0 Å². The molecule has 0 aromatic heterocycles. The summed E-state index contributed by atoms with van der Waals surface area (Å²) in [6.07, 6.45) is 7.68. The summed E-state index contributed by atoms with van der Waals surface area (Å²) >= 11 is 0. The molecule has 1 aromatic rings. The average Bonchev–Trinajstić information content (AvgIpc) is 3.20. The molecule has 0 aliphatic heterocycles. The van der Waals surface area contributed by atoms with E-state index in [1.54, 1.807) is 0 Å². The maximum Gasteiger partial charge on any atom is 0.302 e. The molecule has 0 heterocycles. The van der Waals surface area contributed by atoms with E-state index in [0.29, 0.717) is 31.4 Å². The standard InChI is InChI=1S/C29H39N3O4/c1-19(33)35-18-22-16-23(36-20(2)34)12-14-28(22,3)27-13-15-29(4)25(21-8-6-5-7-9-21)10-11-26(29)24(27)17-31-32-30/h5-10,22-24,26-27H,11-18H2,1-4H3/t22-,23+,24+,26+,27+,28+,29-/m1/s1. The van der Waals surface area contributed by atoms with Crippen LogP contribution in [-0.2, 0) is 19.1 Å². The fourth-order valence-electron chi connectivity index (χ4n) is 7.81. The first-order valence-electron chi connectivity index (χ1n) is 13.3. The highest BCUT2D eigenvalue weighted by Gasteiger charge is 2.56. The van der Waals surface area contributed by atoms with Gasteiger partial charge in [0, 0.05) is 31.2 Å². The Hall–Kier alpha value is -2.79. The molecule has 0 radical (unpaired) electrons. The van der Waals surface area contributed by atoms with E-state index in [-0.39, 0.29) is 40.7 Å². The summed E-state index contributed by atoms with van der Waals surface area (Å²) in [5.74, 6) is 0.451. The van der Waals surface area contributed by atoms with Crippen LogP contribution in [0.2, 0.25) is 0 Å². The third kappa shape index (κ3) is 5.04. The topological polar surface area (TPSA) is 101 Å². The van der Waals surface area contributed by atoms with Gasteiger partial charge in [-0.2, -0.15) is 0 Å². The first-order chi connectivity index (χ1) is 17.2. The highest BCUT2D eigenvalue weighted by Crippen LogP contribution is 2.64. The Morgan fingerprint density at radius 1 is 1.08 bits per heavy atom. The van der Waals surface area contributed by atoms with Crippen molar-refractivity contribution < 1.29 is 19.1 Å². The van der Waals surface area contributed by atoms with Gasteiger partial charge in [-0.1, -0.05) is 55.4 Å². The second-order valence-corrected chi connectivity index (χ2v) is 11.5. The predicted octanol–water partition coefficient (Wildman–Crippen LogP) is 6.73. The lowest BCUT2D eigenvalue weighted by Crippen LogP contribution is -2.52. The molecule has 7 heteroatoms. The van der Waals surface area contributed by atoms with Crippen molar-refractivity contribution in [3.05, 3.63) is 52.4 Å². The molecule has 2 fully saturated rings. The van der Waals surface area contributed by atoms with Gasteiger partial charge in [-0.3, -0.25) is 9.59 Å². The number of ether oxygens (including phenoxy) is 2. The molecule has 2 saturated carbocycles. The number of azide groups is 1. The summed E-state index contributed by atoms with van der Waals surface area (Å²) in [7, 11) is 0. The summed E-state index contributed by atoms with van der Waals surface area (Å²) < 4.78 is 11.1. The molecule has 0 N–H and O–H groups in total. The fraction of sp³-hybridized carbons (Fsp3) is 0.655. The summed E-state index contributed by atoms with van der Waals surface area (Å²) in [6.45, 7) is 8.39. The number of hydrogen-bond acceptors (Lipinski definition) is 5. The number of esters is 2. The van der Waals surface area contributed by atoms with E-state index >= 15 is 0 Å². The van der Waals surface area contributed by atoms with Crippen LogP contribution in [0.25, 0.3) is 16.0 Å². The molecule has 0 amide bonds. The van der Waals surface area contributed by atoms with Crippen LogP contribution < -0.4 is 0 Å². The van der Waals surface area contributed by atoms with Crippen molar-refractivity contribution in [3.63, 3.8) is 0 Å². The first kappa shape index (κ1) is 26.3. The molecule has 3 aliphatic rings. The Morgan fingerprint density at radius 3 is 2.50 bits per heavy atom. The molecular weight excluding hydrogens is 454 g/mol. The lowest BCUT2D eigenvalue weighted by Gasteiger charge is -2.57. The third-order valence-corrected chi connectivity index (χ3v) is 9.61. The lowest BCUT2D eigenvalue weighted by atomic mass is 9.48. The smallest absolute Gasteiger partial charge is 0.302 e. The molecule has 194 valence electrons. The Bertz CT molecular complexity index is 1050. The van der Waals surface area contributed by atoms with Gasteiger partial charge >= 0.3 is 11.9 Å². The van der Waals surface area contributed by atoms with E-state index in [1.165, 1.54) is 25.0 Å². The van der Waals surface area contributed by atoms with Gasteiger partial charge in [-0.25, -0.2) is 0 Å². The van der Waals surface area contributed by atoms with Gasteiger partial charge in [-0.15, -0.1) is 0 Å². The molecular formula is C29H39N3O4. The van der Waals surface area contributed by atoms with Crippen molar-refractivity contribution in [2.45, 2.75) is 72.3 Å². The molecule has 3 aliphatic carbocycles. The summed E-state index contributed by atoms with van der Waals surface area (Å²) in [5, 5.41) is 4.12. The van der Waals surface area contributed by atoms with Crippen LogP contribution in [0, 0.1) is 34.5 Å². The molecule has 36 heavy (non-hydrogen) atoms. The van der Waals surface area contributed by atoms with Crippen LogP contribution in [0.1, 0.15) is 71.8 Å². The lowest BCUT2D eigenvalue weighted by molar-refractivity contribution is -0.160. The number of benzene rings is 1. The highest BCUT2D eigenvalue weighted by molar-refractivity contribution is 5.73. The molecule has 0 spiro atoms. The van der Waals surface area contributed by atoms with E-state index < -0.39 is 0 Å². The number of rotatable bonds is 7. The largest absolute Gasteiger partial charge is 0.466 e. The van der Waals surface area contributed by atoms with Crippen molar-refractivity contribution in [1.29, 1.82) is 0 Å². The van der Waals surface area contributed by atoms with Crippen molar-refractivity contribution in [2.75, 3.05) is 13.2 Å². The van der Waals surface area contributed by atoms with Crippen molar-refractivity contribution in [1.82, 2.24) is 0 Å². The van der Waals surface area contributed by atoms with E-state index in [0.717, 1.165) is 32.1 Å². The molecule has 4 rings (SSSR count). The number of allylic oxidation sites excluding steroid dienone is 2. The second-order valence-electron chi connectivity index (χ2n) is 11.5. The highest BCUT2D eigenvalue weighted by atomic mass is 16.5. The maximum absolute atomic E-state index is 11.7. The summed E-state index contributed by atoms with van der Waals surface area (Å²) in [4.78, 5) is 26.5. The number of fused-ring (bicyclic) bond motifs is 1. The Kier molecular flexibility index (Phi) is 7.79. The van der Waals surface area contributed by atoms with Crippen LogP contribution >= 0.6 is 0 Å². The van der Waals surface area contributed by atoms with Gasteiger partial charge in [0.25, 0.3) is 0 Å². The number of nitrogens with zero attached hydrogens (tertiary/aromatic N) is 3. The van der Waals surface area contributed by atoms with Crippen LogP contribution in [0.3, 0.4) is 0 Å². The van der Waals surface area contributed by atoms with Crippen molar-refractivity contribution >= 4 is 17.5 Å². The van der Waals surface area contributed by atoms with Crippen LogP contribution in [0.15, 0.2) is 41.5 Å². The molecule has 7 nitrogen and oxygen atoms in total. The molecule has 0 saturated heterocycles. The predicted molar refractivity (Wildman–Crippen MR) is 138 cm³/mol. The van der Waals surface area contributed by atoms with E-state index in [4.69, 9.17) is 9.47 Å². The monoisotopic (exact) mass is 493 g/mol. The Morgan fingerprint density at radius 2 is 1.83 bits per heavy atom. The zero-order chi connectivity index (χ0) is 25.9.